The topological polar surface area (TPSA) is 87.0 Å². The van der Waals surface area contributed by atoms with Gasteiger partial charge < -0.3 is 5.32 Å². The molecule has 3 rings (SSSR count). The number of anilines is 1. The summed E-state index contributed by atoms with van der Waals surface area (Å²) < 4.78 is 24.5. The highest BCUT2D eigenvalue weighted by Gasteiger charge is 2.23. The number of nitrogens with zero attached hydrogens (tertiary/aromatic N) is 1. The number of rotatable bonds is 5. The Bertz CT molecular complexity index is 941. The van der Waals surface area contributed by atoms with Gasteiger partial charge >= 0.3 is 0 Å². The fourth-order valence-electron chi connectivity index (χ4n) is 3.19. The fourth-order valence-corrected chi connectivity index (χ4v) is 5.72. The van der Waals surface area contributed by atoms with Gasteiger partial charge in [-0.05, 0) is 36.8 Å². The lowest BCUT2D eigenvalue weighted by Crippen LogP contribution is -2.23. The number of carbonyl (C=O) groups excluding carboxylic acids is 1. The van der Waals surface area contributed by atoms with E-state index in [9.17, 15) is 18.5 Å². The molecule has 1 aliphatic rings. The third-order valence-corrected chi connectivity index (χ3v) is 7.05. The van der Waals surface area contributed by atoms with Crippen molar-refractivity contribution in [1.29, 1.82) is 5.26 Å². The first-order chi connectivity index (χ1) is 12.5. The van der Waals surface area contributed by atoms with Gasteiger partial charge in [0.25, 0.3) is 0 Å². The third-order valence-electron chi connectivity index (χ3n) is 4.37. The molecule has 136 valence electrons. The van der Waals surface area contributed by atoms with Crippen LogP contribution in [0.5, 0.6) is 0 Å². The first-order valence-electron chi connectivity index (χ1n) is 8.57. The van der Waals surface area contributed by atoms with E-state index in [1.165, 1.54) is 11.3 Å². The number of hydrogen-bond acceptors (Lipinski definition) is 5. The average Bonchev–Trinajstić information content (AvgIpc) is 2.75. The molecule has 0 atom stereocenters. The van der Waals surface area contributed by atoms with E-state index in [4.69, 9.17) is 0 Å². The van der Waals surface area contributed by atoms with Gasteiger partial charge in [0.1, 0.15) is 16.8 Å². The van der Waals surface area contributed by atoms with Crippen molar-refractivity contribution in [2.45, 2.75) is 37.9 Å². The van der Waals surface area contributed by atoms with Gasteiger partial charge in [0.05, 0.1) is 11.3 Å². The van der Waals surface area contributed by atoms with Gasteiger partial charge in [-0.1, -0.05) is 36.8 Å². The largest absolute Gasteiger partial charge is 0.316 e. The molecule has 7 heteroatoms. The predicted molar refractivity (Wildman–Crippen MR) is 103 cm³/mol. The number of benzene rings is 1. The molecule has 1 aromatic heterocycles. The smallest absolute Gasteiger partial charge is 0.240 e. The maximum atomic E-state index is 12.3. The first kappa shape index (κ1) is 18.6. The highest BCUT2D eigenvalue weighted by atomic mass is 32.2. The van der Waals surface area contributed by atoms with E-state index < -0.39 is 21.5 Å². The molecule has 0 unspecified atom stereocenters. The SMILES string of the molecule is N#Cc1c(NC(=O)CS(=O)(=O)Cc2ccccc2)sc2c1CCCCC2. The van der Waals surface area contributed by atoms with Crippen LogP contribution in [0.25, 0.3) is 0 Å². The lowest BCUT2D eigenvalue weighted by Gasteiger charge is -2.06. The number of carbonyl (C=O) groups is 1. The van der Waals surface area contributed by atoms with Crippen molar-refractivity contribution < 1.29 is 13.2 Å². The van der Waals surface area contributed by atoms with Crippen LogP contribution in [0, 0.1) is 11.3 Å². The molecular formula is C19H20N2O3S2. The maximum Gasteiger partial charge on any atom is 0.240 e. The summed E-state index contributed by atoms with van der Waals surface area (Å²) in [5.74, 6) is -1.35. The van der Waals surface area contributed by atoms with Crippen LogP contribution in [0.15, 0.2) is 30.3 Å². The molecule has 1 aliphatic carbocycles. The minimum absolute atomic E-state index is 0.173. The normalized spacial score (nSPS) is 14.1. The van der Waals surface area contributed by atoms with E-state index in [1.54, 1.807) is 24.3 Å². The van der Waals surface area contributed by atoms with Crippen LogP contribution in [0.1, 0.15) is 40.8 Å². The van der Waals surface area contributed by atoms with E-state index in [1.807, 2.05) is 6.07 Å². The highest BCUT2D eigenvalue weighted by Crippen LogP contribution is 2.36. The molecule has 0 fully saturated rings. The Kier molecular flexibility index (Phi) is 5.74. The van der Waals surface area contributed by atoms with Gasteiger partial charge in [-0.15, -0.1) is 11.3 Å². The van der Waals surface area contributed by atoms with Gasteiger partial charge in [-0.3, -0.25) is 4.79 Å². The molecule has 0 saturated heterocycles. The van der Waals surface area contributed by atoms with Crippen molar-refractivity contribution in [2.24, 2.45) is 0 Å². The fraction of sp³-hybridized carbons (Fsp3) is 0.368. The molecule has 0 spiro atoms. The molecule has 26 heavy (non-hydrogen) atoms. The van der Waals surface area contributed by atoms with Crippen LogP contribution < -0.4 is 5.32 Å². The summed E-state index contributed by atoms with van der Waals surface area (Å²) in [7, 11) is -3.57. The van der Waals surface area contributed by atoms with Crippen molar-refractivity contribution in [2.75, 3.05) is 11.1 Å². The van der Waals surface area contributed by atoms with Crippen molar-refractivity contribution in [3.8, 4) is 6.07 Å². The Morgan fingerprint density at radius 3 is 2.62 bits per heavy atom. The van der Waals surface area contributed by atoms with Crippen molar-refractivity contribution in [1.82, 2.24) is 0 Å². The average molecular weight is 389 g/mol. The second-order valence-electron chi connectivity index (χ2n) is 6.45. The van der Waals surface area contributed by atoms with Crippen LogP contribution >= 0.6 is 11.3 Å². The molecule has 1 amide bonds. The molecule has 0 aliphatic heterocycles. The minimum Gasteiger partial charge on any atom is -0.316 e. The summed E-state index contributed by atoms with van der Waals surface area (Å²) in [6.07, 6.45) is 5.02. The number of fused-ring (bicyclic) bond motifs is 1. The Labute approximate surface area is 157 Å². The summed E-state index contributed by atoms with van der Waals surface area (Å²) >= 11 is 1.41. The minimum atomic E-state index is -3.57. The van der Waals surface area contributed by atoms with Gasteiger partial charge in [-0.2, -0.15) is 5.26 Å². The Hall–Kier alpha value is -2.17. The number of aryl methyl sites for hydroxylation is 1. The lowest BCUT2D eigenvalue weighted by molar-refractivity contribution is -0.113. The highest BCUT2D eigenvalue weighted by molar-refractivity contribution is 7.91. The molecule has 1 aromatic carbocycles. The summed E-state index contributed by atoms with van der Waals surface area (Å²) in [5.41, 5.74) is 2.18. The van der Waals surface area contributed by atoms with Gasteiger partial charge in [0.15, 0.2) is 9.84 Å². The molecule has 1 N–H and O–H groups in total. The second-order valence-corrected chi connectivity index (χ2v) is 9.62. The van der Waals surface area contributed by atoms with Crippen LogP contribution in [0.4, 0.5) is 5.00 Å². The number of nitrogens with one attached hydrogen (secondary N) is 1. The summed E-state index contributed by atoms with van der Waals surface area (Å²) in [6.45, 7) is 0. The van der Waals surface area contributed by atoms with Crippen molar-refractivity contribution >= 4 is 32.1 Å². The van der Waals surface area contributed by atoms with E-state index >= 15 is 0 Å². The summed E-state index contributed by atoms with van der Waals surface area (Å²) in [5, 5.41) is 12.6. The van der Waals surface area contributed by atoms with E-state index in [2.05, 4.69) is 11.4 Å². The molecular weight excluding hydrogens is 368 g/mol. The zero-order valence-corrected chi connectivity index (χ0v) is 16.0. The van der Waals surface area contributed by atoms with Gasteiger partial charge in [0.2, 0.25) is 5.91 Å². The van der Waals surface area contributed by atoms with Crippen LogP contribution in [0.3, 0.4) is 0 Å². The Morgan fingerprint density at radius 2 is 1.88 bits per heavy atom. The maximum absolute atomic E-state index is 12.3. The number of nitriles is 1. The zero-order chi connectivity index (χ0) is 18.6. The zero-order valence-electron chi connectivity index (χ0n) is 14.3. The second kappa shape index (κ2) is 8.02. The Morgan fingerprint density at radius 1 is 1.15 bits per heavy atom. The number of hydrogen-bond donors (Lipinski definition) is 1. The van der Waals surface area contributed by atoms with Crippen molar-refractivity contribution in [3.63, 3.8) is 0 Å². The Balaban J connectivity index is 1.71. The monoisotopic (exact) mass is 388 g/mol. The number of amides is 1. The first-order valence-corrected chi connectivity index (χ1v) is 11.2. The van der Waals surface area contributed by atoms with Crippen LogP contribution in [0.2, 0.25) is 0 Å². The molecule has 2 aromatic rings. The number of sulfone groups is 1. The third kappa shape index (κ3) is 4.51. The van der Waals surface area contributed by atoms with Crippen molar-refractivity contribution in [3.05, 3.63) is 51.9 Å². The molecule has 1 heterocycles. The van der Waals surface area contributed by atoms with Crippen LogP contribution in [-0.4, -0.2) is 20.1 Å². The van der Waals surface area contributed by atoms with E-state index in [0.717, 1.165) is 42.5 Å². The quantitative estimate of drug-likeness (QED) is 0.795. The summed E-state index contributed by atoms with van der Waals surface area (Å²) in [4.78, 5) is 13.4. The number of thiophene rings is 1. The summed E-state index contributed by atoms with van der Waals surface area (Å²) in [6, 6.07) is 11.0. The van der Waals surface area contributed by atoms with E-state index in [0.29, 0.717) is 16.1 Å². The molecule has 0 saturated carbocycles. The van der Waals surface area contributed by atoms with Gasteiger partial charge in [-0.25, -0.2) is 8.42 Å². The molecule has 0 bridgehead atoms. The lowest BCUT2D eigenvalue weighted by atomic mass is 10.1. The standard InChI is InChI=1S/C19H20N2O3S2/c20-11-16-15-9-5-2-6-10-17(15)25-19(16)21-18(22)13-26(23,24)12-14-7-3-1-4-8-14/h1,3-4,7-8H,2,5-6,9-10,12-13H2,(H,21,22). The molecule has 5 nitrogen and oxygen atoms in total. The predicted octanol–water partition coefficient (Wildman–Crippen LogP) is 3.44. The van der Waals surface area contributed by atoms with Gasteiger partial charge in [0, 0.05) is 4.88 Å². The van der Waals surface area contributed by atoms with Crippen LogP contribution in [-0.2, 0) is 33.2 Å². The van der Waals surface area contributed by atoms with E-state index in [-0.39, 0.29) is 5.75 Å². The molecule has 0 radical (unpaired) electrons.